The lowest BCUT2D eigenvalue weighted by Crippen LogP contribution is -2.25. The van der Waals surface area contributed by atoms with Crippen molar-refractivity contribution in [1.82, 2.24) is 10.3 Å². The van der Waals surface area contributed by atoms with Gasteiger partial charge in [-0.3, -0.25) is 0 Å². The van der Waals surface area contributed by atoms with Crippen molar-refractivity contribution in [3.05, 3.63) is 71.9 Å². The summed E-state index contributed by atoms with van der Waals surface area (Å²) < 4.78 is 5.26. The monoisotopic (exact) mass is 331 g/mol. The molecule has 1 aromatic heterocycles. The van der Waals surface area contributed by atoms with Crippen LogP contribution in [0.5, 0.6) is 5.88 Å². The van der Waals surface area contributed by atoms with E-state index in [1.165, 1.54) is 16.3 Å². The molecule has 4 rings (SSSR count). The third-order valence-corrected chi connectivity index (χ3v) is 4.70. The number of aromatic nitrogens is 1. The zero-order valence-electron chi connectivity index (χ0n) is 14.2. The Bertz CT molecular complexity index is 944. The van der Waals surface area contributed by atoms with E-state index in [2.05, 4.69) is 58.8 Å². The Morgan fingerprint density at radius 1 is 1.08 bits per heavy atom. The summed E-state index contributed by atoms with van der Waals surface area (Å²) in [6.45, 7) is 0.887. The standard InChI is InChI=1S/C21H21N3O/c1-25-20-10-9-18(22)21(24-20)15-11-12-23-19(13-15)17-8-4-6-14-5-2-3-7-16(14)17/h2-10,13,19,23H,11-12,22H2,1H3. The summed E-state index contributed by atoms with van der Waals surface area (Å²) in [7, 11) is 1.62. The molecule has 0 fully saturated rings. The predicted molar refractivity (Wildman–Crippen MR) is 102 cm³/mol. The highest BCUT2D eigenvalue weighted by Crippen LogP contribution is 2.33. The number of nitrogens with two attached hydrogens (primary N) is 1. The van der Waals surface area contributed by atoms with Crippen molar-refractivity contribution in [3.63, 3.8) is 0 Å². The lowest BCUT2D eigenvalue weighted by molar-refractivity contribution is 0.397. The molecule has 25 heavy (non-hydrogen) atoms. The summed E-state index contributed by atoms with van der Waals surface area (Å²) in [6.07, 6.45) is 3.13. The Morgan fingerprint density at radius 2 is 1.92 bits per heavy atom. The Balaban J connectivity index is 1.78. The molecule has 4 nitrogen and oxygen atoms in total. The minimum absolute atomic E-state index is 0.141. The van der Waals surface area contributed by atoms with Crippen LogP contribution in [0.4, 0.5) is 5.69 Å². The number of benzene rings is 2. The van der Waals surface area contributed by atoms with Gasteiger partial charge in [-0.1, -0.05) is 48.5 Å². The minimum Gasteiger partial charge on any atom is -0.481 e. The third kappa shape index (κ3) is 2.96. The van der Waals surface area contributed by atoms with Gasteiger partial charge in [-0.2, -0.15) is 0 Å². The molecular formula is C21H21N3O. The molecule has 0 amide bonds. The molecule has 1 aliphatic rings. The topological polar surface area (TPSA) is 60.2 Å². The van der Waals surface area contributed by atoms with Crippen LogP contribution in [0, 0.1) is 0 Å². The highest BCUT2D eigenvalue weighted by molar-refractivity contribution is 5.87. The van der Waals surface area contributed by atoms with Crippen molar-refractivity contribution in [2.24, 2.45) is 0 Å². The Hall–Kier alpha value is -2.85. The number of nitrogens with one attached hydrogen (secondary N) is 1. The predicted octanol–water partition coefficient (Wildman–Crippen LogP) is 3.94. The molecule has 3 N–H and O–H groups in total. The molecule has 1 aliphatic heterocycles. The van der Waals surface area contributed by atoms with E-state index in [4.69, 9.17) is 10.5 Å². The van der Waals surface area contributed by atoms with Gasteiger partial charge in [0, 0.05) is 12.6 Å². The van der Waals surface area contributed by atoms with Gasteiger partial charge in [-0.25, -0.2) is 4.98 Å². The van der Waals surface area contributed by atoms with Gasteiger partial charge >= 0.3 is 0 Å². The average molecular weight is 331 g/mol. The van der Waals surface area contributed by atoms with Gasteiger partial charge in [-0.15, -0.1) is 0 Å². The maximum Gasteiger partial charge on any atom is 0.213 e. The van der Waals surface area contributed by atoms with Gasteiger partial charge in [0.1, 0.15) is 0 Å². The van der Waals surface area contributed by atoms with Crippen molar-refractivity contribution in [2.75, 3.05) is 19.4 Å². The first kappa shape index (κ1) is 15.7. The van der Waals surface area contributed by atoms with Crippen molar-refractivity contribution >= 4 is 22.0 Å². The quantitative estimate of drug-likeness (QED) is 0.763. The molecule has 4 heteroatoms. The van der Waals surface area contributed by atoms with Crippen molar-refractivity contribution in [1.29, 1.82) is 0 Å². The fourth-order valence-corrected chi connectivity index (χ4v) is 3.45. The molecule has 2 aromatic carbocycles. The molecule has 0 radical (unpaired) electrons. The highest BCUT2D eigenvalue weighted by atomic mass is 16.5. The number of methoxy groups -OCH3 is 1. The largest absolute Gasteiger partial charge is 0.481 e. The van der Waals surface area contributed by atoms with Crippen LogP contribution in [-0.4, -0.2) is 18.6 Å². The van der Waals surface area contributed by atoms with Crippen LogP contribution in [0.25, 0.3) is 16.3 Å². The van der Waals surface area contributed by atoms with Crippen molar-refractivity contribution < 1.29 is 4.74 Å². The number of anilines is 1. The third-order valence-electron chi connectivity index (χ3n) is 4.70. The van der Waals surface area contributed by atoms with Crippen LogP contribution in [0.2, 0.25) is 0 Å². The number of nitrogens with zero attached hydrogens (tertiary/aromatic N) is 1. The molecule has 0 saturated carbocycles. The van der Waals surface area contributed by atoms with E-state index in [0.29, 0.717) is 11.6 Å². The second-order valence-corrected chi connectivity index (χ2v) is 6.23. The van der Waals surface area contributed by atoms with Crippen LogP contribution >= 0.6 is 0 Å². The van der Waals surface area contributed by atoms with Gasteiger partial charge in [-0.05, 0) is 34.4 Å². The summed E-state index contributed by atoms with van der Waals surface area (Å²) in [4.78, 5) is 4.56. The number of rotatable bonds is 3. The average Bonchev–Trinajstić information content (AvgIpc) is 2.68. The van der Waals surface area contributed by atoms with Crippen molar-refractivity contribution in [3.8, 4) is 5.88 Å². The van der Waals surface area contributed by atoms with Gasteiger partial charge in [0.2, 0.25) is 5.88 Å². The van der Waals surface area contributed by atoms with E-state index in [1.807, 2.05) is 6.07 Å². The van der Waals surface area contributed by atoms with Crippen LogP contribution < -0.4 is 15.8 Å². The number of hydrogen-bond acceptors (Lipinski definition) is 4. The lowest BCUT2D eigenvalue weighted by atomic mass is 9.92. The molecule has 1 unspecified atom stereocenters. The minimum atomic E-state index is 0.141. The number of pyridine rings is 1. The van der Waals surface area contributed by atoms with Gasteiger partial charge < -0.3 is 15.8 Å². The molecule has 0 aliphatic carbocycles. The van der Waals surface area contributed by atoms with Gasteiger partial charge in [0.05, 0.1) is 24.5 Å². The first-order chi connectivity index (χ1) is 12.3. The first-order valence-electron chi connectivity index (χ1n) is 8.49. The number of fused-ring (bicyclic) bond motifs is 1. The molecule has 1 atom stereocenters. The Kier molecular flexibility index (Phi) is 4.12. The molecule has 2 heterocycles. The summed E-state index contributed by atoms with van der Waals surface area (Å²) in [5.41, 5.74) is 10.1. The van der Waals surface area contributed by atoms with Gasteiger partial charge in [0.15, 0.2) is 0 Å². The molecule has 0 bridgehead atoms. The molecule has 126 valence electrons. The summed E-state index contributed by atoms with van der Waals surface area (Å²) in [6, 6.07) is 18.7. The Morgan fingerprint density at radius 3 is 2.80 bits per heavy atom. The number of nitrogen functional groups attached to an aromatic ring is 1. The van der Waals surface area contributed by atoms with Crippen LogP contribution in [0.15, 0.2) is 60.7 Å². The fourth-order valence-electron chi connectivity index (χ4n) is 3.45. The van der Waals surface area contributed by atoms with Crippen molar-refractivity contribution in [2.45, 2.75) is 12.5 Å². The molecular weight excluding hydrogens is 310 g/mol. The van der Waals surface area contributed by atoms with Crippen LogP contribution in [0.3, 0.4) is 0 Å². The number of ether oxygens (including phenoxy) is 1. The second-order valence-electron chi connectivity index (χ2n) is 6.23. The summed E-state index contributed by atoms with van der Waals surface area (Å²) >= 11 is 0. The van der Waals surface area contributed by atoms with E-state index in [1.54, 1.807) is 13.2 Å². The number of hydrogen-bond donors (Lipinski definition) is 2. The maximum atomic E-state index is 6.17. The highest BCUT2D eigenvalue weighted by Gasteiger charge is 2.19. The zero-order valence-corrected chi connectivity index (χ0v) is 14.2. The van der Waals surface area contributed by atoms with Crippen LogP contribution in [0.1, 0.15) is 23.7 Å². The summed E-state index contributed by atoms with van der Waals surface area (Å²) in [5.74, 6) is 0.588. The van der Waals surface area contributed by atoms with Crippen LogP contribution in [-0.2, 0) is 0 Å². The summed E-state index contributed by atoms with van der Waals surface area (Å²) in [5, 5.41) is 6.12. The molecule has 0 spiro atoms. The van der Waals surface area contributed by atoms with E-state index in [0.717, 1.165) is 24.2 Å². The second kappa shape index (κ2) is 6.57. The van der Waals surface area contributed by atoms with E-state index >= 15 is 0 Å². The molecule has 0 saturated heterocycles. The van der Waals surface area contributed by atoms with E-state index in [-0.39, 0.29) is 6.04 Å². The zero-order chi connectivity index (χ0) is 17.2. The normalized spacial score (nSPS) is 17.3. The molecule has 3 aromatic rings. The van der Waals surface area contributed by atoms with Gasteiger partial charge in [0.25, 0.3) is 0 Å². The Labute approximate surface area is 147 Å². The lowest BCUT2D eigenvalue weighted by Gasteiger charge is -2.25. The fraction of sp³-hybridized carbons (Fsp3) is 0.190. The first-order valence-corrected chi connectivity index (χ1v) is 8.49. The van der Waals surface area contributed by atoms with E-state index in [9.17, 15) is 0 Å². The smallest absolute Gasteiger partial charge is 0.213 e. The maximum absolute atomic E-state index is 6.17. The van der Waals surface area contributed by atoms with E-state index < -0.39 is 0 Å². The SMILES string of the molecule is COc1ccc(N)c(C2=CC(c3cccc4ccccc34)NCC2)n1.